The Bertz CT molecular complexity index is 298. The van der Waals surface area contributed by atoms with E-state index in [4.69, 9.17) is 0 Å². The number of rotatable bonds is 10. The van der Waals surface area contributed by atoms with Crippen LogP contribution in [0, 0.1) is 0 Å². The fourth-order valence-electron chi connectivity index (χ4n) is 3.99. The minimum atomic E-state index is 0.317. The Kier molecular flexibility index (Phi) is 8.57. The van der Waals surface area contributed by atoms with Crippen LogP contribution in [0.25, 0.3) is 0 Å². The SMILES string of the molecule is CCCCCCCCCC/C=C/N1C(C)(C)CCCC1(C)C. The summed E-state index contributed by atoms with van der Waals surface area (Å²) in [5, 5.41) is 0. The lowest BCUT2D eigenvalue weighted by Gasteiger charge is -2.52. The van der Waals surface area contributed by atoms with Crippen LogP contribution in [0.3, 0.4) is 0 Å². The maximum Gasteiger partial charge on any atom is 0.0346 e. The maximum absolute atomic E-state index is 2.62. The van der Waals surface area contributed by atoms with Gasteiger partial charge < -0.3 is 4.90 Å². The first-order valence-electron chi connectivity index (χ1n) is 9.86. The summed E-state index contributed by atoms with van der Waals surface area (Å²) in [5.41, 5.74) is 0.634. The van der Waals surface area contributed by atoms with E-state index in [2.05, 4.69) is 51.8 Å². The molecule has 0 saturated carbocycles. The van der Waals surface area contributed by atoms with Crippen molar-refractivity contribution in [3.63, 3.8) is 0 Å². The van der Waals surface area contributed by atoms with Crippen LogP contribution in [-0.2, 0) is 0 Å². The molecule has 0 unspecified atom stereocenters. The van der Waals surface area contributed by atoms with Gasteiger partial charge in [0, 0.05) is 11.1 Å². The molecule has 1 rings (SSSR count). The van der Waals surface area contributed by atoms with Crippen molar-refractivity contribution in [1.82, 2.24) is 4.90 Å². The zero-order valence-corrected chi connectivity index (χ0v) is 16.1. The van der Waals surface area contributed by atoms with E-state index in [9.17, 15) is 0 Å². The number of nitrogens with zero attached hydrogens (tertiary/aromatic N) is 1. The summed E-state index contributed by atoms with van der Waals surface area (Å²) in [7, 11) is 0. The molecule has 1 heteroatoms. The molecule has 0 radical (unpaired) electrons. The highest BCUT2D eigenvalue weighted by Gasteiger charge is 2.38. The Morgan fingerprint density at radius 3 is 1.82 bits per heavy atom. The predicted octanol–water partition coefficient (Wildman–Crippen LogP) is 7.07. The second-order valence-electron chi connectivity index (χ2n) is 8.50. The third-order valence-corrected chi connectivity index (χ3v) is 5.36. The summed E-state index contributed by atoms with van der Waals surface area (Å²) in [6.45, 7) is 11.9. The Balaban J connectivity index is 2.19. The Morgan fingerprint density at radius 1 is 0.773 bits per heavy atom. The monoisotopic (exact) mass is 307 g/mol. The molecule has 0 aromatic carbocycles. The smallest absolute Gasteiger partial charge is 0.0346 e. The maximum atomic E-state index is 2.62. The lowest BCUT2D eigenvalue weighted by molar-refractivity contribution is 0.0188. The van der Waals surface area contributed by atoms with Gasteiger partial charge in [0.2, 0.25) is 0 Å². The molecule has 1 heterocycles. The molecule has 1 aliphatic heterocycles. The normalized spacial score (nSPS) is 20.7. The van der Waals surface area contributed by atoms with Gasteiger partial charge in [-0.25, -0.2) is 0 Å². The minimum Gasteiger partial charge on any atom is -0.368 e. The van der Waals surface area contributed by atoms with Gasteiger partial charge in [0.15, 0.2) is 0 Å². The number of allylic oxidation sites excluding steroid dienone is 1. The van der Waals surface area contributed by atoms with Gasteiger partial charge >= 0.3 is 0 Å². The lowest BCUT2D eigenvalue weighted by Crippen LogP contribution is -2.55. The van der Waals surface area contributed by atoms with Gasteiger partial charge in [-0.05, 0) is 66.0 Å². The first-order valence-corrected chi connectivity index (χ1v) is 9.86. The molecule has 0 N–H and O–H groups in total. The van der Waals surface area contributed by atoms with Crippen molar-refractivity contribution in [2.24, 2.45) is 0 Å². The van der Waals surface area contributed by atoms with Gasteiger partial charge in [-0.2, -0.15) is 0 Å². The van der Waals surface area contributed by atoms with Crippen molar-refractivity contribution in [1.29, 1.82) is 0 Å². The second-order valence-corrected chi connectivity index (χ2v) is 8.50. The van der Waals surface area contributed by atoms with Crippen LogP contribution in [-0.4, -0.2) is 16.0 Å². The van der Waals surface area contributed by atoms with Gasteiger partial charge in [0.25, 0.3) is 0 Å². The summed E-state index contributed by atoms with van der Waals surface area (Å²) >= 11 is 0. The topological polar surface area (TPSA) is 3.24 Å². The van der Waals surface area contributed by atoms with Crippen molar-refractivity contribution < 1.29 is 0 Å². The van der Waals surface area contributed by atoms with E-state index in [0.717, 1.165) is 0 Å². The van der Waals surface area contributed by atoms with E-state index in [-0.39, 0.29) is 0 Å². The van der Waals surface area contributed by atoms with E-state index in [1.165, 1.54) is 77.0 Å². The van der Waals surface area contributed by atoms with Crippen molar-refractivity contribution in [2.45, 2.75) is 123 Å². The van der Waals surface area contributed by atoms with Gasteiger partial charge in [0.05, 0.1) is 0 Å². The molecule has 0 aromatic heterocycles. The molecular formula is C21H41N. The van der Waals surface area contributed by atoms with Crippen LogP contribution in [0.4, 0.5) is 0 Å². The van der Waals surface area contributed by atoms with Gasteiger partial charge in [0.1, 0.15) is 0 Å². The third kappa shape index (κ3) is 6.75. The standard InChI is InChI=1S/C21H41N/c1-6-7-8-9-10-11-12-13-14-15-19-22-20(2,3)17-16-18-21(22,4)5/h15,19H,6-14,16-18H2,1-5H3/b19-15+. The highest BCUT2D eigenvalue weighted by atomic mass is 15.2. The summed E-state index contributed by atoms with van der Waals surface area (Å²) in [5.74, 6) is 0. The number of hydrogen-bond acceptors (Lipinski definition) is 1. The van der Waals surface area contributed by atoms with E-state index in [1.807, 2.05) is 0 Å². The van der Waals surface area contributed by atoms with E-state index < -0.39 is 0 Å². The molecule has 0 aromatic rings. The molecule has 0 aliphatic carbocycles. The minimum absolute atomic E-state index is 0.317. The van der Waals surface area contributed by atoms with Crippen LogP contribution in [0.15, 0.2) is 12.3 Å². The molecule has 0 amide bonds. The molecule has 0 bridgehead atoms. The predicted molar refractivity (Wildman–Crippen MR) is 100 cm³/mol. The molecule has 0 atom stereocenters. The average Bonchev–Trinajstić information content (AvgIpc) is 2.42. The highest BCUT2D eigenvalue weighted by molar-refractivity contribution is 5.03. The van der Waals surface area contributed by atoms with Crippen molar-refractivity contribution in [3.8, 4) is 0 Å². The number of unbranched alkanes of at least 4 members (excludes halogenated alkanes) is 8. The zero-order chi connectivity index (χ0) is 16.5. The number of piperidine rings is 1. The Morgan fingerprint density at radius 2 is 1.27 bits per heavy atom. The van der Waals surface area contributed by atoms with E-state index in [0.29, 0.717) is 11.1 Å². The van der Waals surface area contributed by atoms with E-state index in [1.54, 1.807) is 0 Å². The molecule has 0 spiro atoms. The summed E-state index contributed by atoms with van der Waals surface area (Å²) < 4.78 is 0. The molecule has 130 valence electrons. The van der Waals surface area contributed by atoms with Crippen LogP contribution in [0.1, 0.15) is 112 Å². The van der Waals surface area contributed by atoms with Gasteiger partial charge in [-0.15, -0.1) is 0 Å². The summed E-state index contributed by atoms with van der Waals surface area (Å²) in [6.07, 6.45) is 21.4. The molecular weight excluding hydrogens is 266 g/mol. The first kappa shape index (κ1) is 19.6. The van der Waals surface area contributed by atoms with Crippen LogP contribution in [0.5, 0.6) is 0 Å². The second kappa shape index (κ2) is 9.63. The largest absolute Gasteiger partial charge is 0.368 e. The third-order valence-electron chi connectivity index (χ3n) is 5.36. The molecule has 1 aliphatic rings. The highest BCUT2D eigenvalue weighted by Crippen LogP contribution is 2.38. The van der Waals surface area contributed by atoms with Crippen molar-refractivity contribution in [3.05, 3.63) is 12.3 Å². The fraction of sp³-hybridized carbons (Fsp3) is 0.905. The Hall–Kier alpha value is -0.460. The van der Waals surface area contributed by atoms with Gasteiger partial charge in [-0.3, -0.25) is 0 Å². The molecule has 22 heavy (non-hydrogen) atoms. The van der Waals surface area contributed by atoms with Crippen LogP contribution < -0.4 is 0 Å². The van der Waals surface area contributed by atoms with Gasteiger partial charge in [-0.1, -0.05) is 57.9 Å². The van der Waals surface area contributed by atoms with Crippen molar-refractivity contribution >= 4 is 0 Å². The zero-order valence-electron chi connectivity index (χ0n) is 16.1. The number of likely N-dealkylation sites (tertiary alicyclic amines) is 1. The lowest BCUT2D eigenvalue weighted by atomic mass is 9.80. The molecule has 1 saturated heterocycles. The summed E-state index contributed by atoms with van der Waals surface area (Å²) in [6, 6.07) is 0. The van der Waals surface area contributed by atoms with Crippen molar-refractivity contribution in [2.75, 3.05) is 0 Å². The Labute approximate surface area is 140 Å². The van der Waals surface area contributed by atoms with Crippen LogP contribution in [0.2, 0.25) is 0 Å². The summed E-state index contributed by atoms with van der Waals surface area (Å²) in [4.78, 5) is 2.62. The molecule has 1 nitrogen and oxygen atoms in total. The average molecular weight is 308 g/mol. The van der Waals surface area contributed by atoms with E-state index >= 15 is 0 Å². The fourth-order valence-corrected chi connectivity index (χ4v) is 3.99. The number of hydrogen-bond donors (Lipinski definition) is 0. The first-order chi connectivity index (χ1) is 10.4. The molecule has 1 fully saturated rings. The van der Waals surface area contributed by atoms with Crippen LogP contribution >= 0.6 is 0 Å². The quantitative estimate of drug-likeness (QED) is 0.390.